The van der Waals surface area contributed by atoms with Crippen molar-refractivity contribution < 1.29 is 14.6 Å². The molecule has 1 aliphatic heterocycles. The predicted molar refractivity (Wildman–Crippen MR) is 85.1 cm³/mol. The van der Waals surface area contributed by atoms with Crippen LogP contribution >= 0.6 is 0 Å². The summed E-state index contributed by atoms with van der Waals surface area (Å²) in [6.45, 7) is 3.26. The third-order valence-corrected chi connectivity index (χ3v) is 3.34. The molecule has 0 unspecified atom stereocenters. The molecule has 2 rings (SSSR count). The first kappa shape index (κ1) is 15.9. The summed E-state index contributed by atoms with van der Waals surface area (Å²) in [5, 5.41) is 15.6. The Balaban J connectivity index is 2.02. The molecule has 0 saturated carbocycles. The topological polar surface area (TPSA) is 83.0 Å². The molecule has 3 N–H and O–H groups in total. The minimum absolute atomic E-state index is 0.0413. The Labute approximate surface area is 129 Å². The molecule has 0 spiro atoms. The van der Waals surface area contributed by atoms with Crippen LogP contribution in [0.15, 0.2) is 40.6 Å². The Bertz CT molecular complexity index is 587. The largest absolute Gasteiger partial charge is 0.512 e. The number of allylic oxidation sites excluding steroid dienone is 1. The van der Waals surface area contributed by atoms with Gasteiger partial charge >= 0.3 is 0 Å². The summed E-state index contributed by atoms with van der Waals surface area (Å²) in [7, 11) is 1.61. The summed E-state index contributed by atoms with van der Waals surface area (Å²) in [6.07, 6.45) is 0.925. The SMILES string of the molecule is COc1ccc(CNC(=O)/C(C2=NCCCN2)=C(/C)O)cc1. The van der Waals surface area contributed by atoms with Gasteiger partial charge in [-0.1, -0.05) is 12.1 Å². The molecule has 1 aromatic carbocycles. The van der Waals surface area contributed by atoms with Crippen molar-refractivity contribution in [2.24, 2.45) is 4.99 Å². The molecule has 0 fully saturated rings. The Hall–Kier alpha value is -2.50. The van der Waals surface area contributed by atoms with Gasteiger partial charge in [0.1, 0.15) is 22.9 Å². The van der Waals surface area contributed by atoms with E-state index >= 15 is 0 Å². The number of hydrogen-bond acceptors (Lipinski definition) is 5. The van der Waals surface area contributed by atoms with E-state index in [0.717, 1.165) is 24.3 Å². The zero-order valence-electron chi connectivity index (χ0n) is 12.8. The normalized spacial score (nSPS) is 15.3. The number of methoxy groups -OCH3 is 1. The molecule has 6 heteroatoms. The number of aliphatic imine (C=N–C) groups is 1. The van der Waals surface area contributed by atoms with Crippen LogP contribution in [0.5, 0.6) is 5.75 Å². The molecule has 0 atom stereocenters. The second-order valence-electron chi connectivity index (χ2n) is 5.00. The molecule has 0 saturated heterocycles. The summed E-state index contributed by atoms with van der Waals surface area (Å²) in [5.74, 6) is 0.838. The van der Waals surface area contributed by atoms with Crippen LogP contribution in [0, 0.1) is 0 Å². The fraction of sp³-hybridized carbons (Fsp3) is 0.375. The highest BCUT2D eigenvalue weighted by Crippen LogP contribution is 2.12. The zero-order chi connectivity index (χ0) is 15.9. The van der Waals surface area contributed by atoms with Crippen LogP contribution in [0.4, 0.5) is 0 Å². The van der Waals surface area contributed by atoms with Gasteiger partial charge in [-0.2, -0.15) is 0 Å². The lowest BCUT2D eigenvalue weighted by Gasteiger charge is -2.17. The van der Waals surface area contributed by atoms with Crippen LogP contribution in [-0.2, 0) is 11.3 Å². The number of rotatable bonds is 5. The summed E-state index contributed by atoms with van der Waals surface area (Å²) >= 11 is 0. The highest BCUT2D eigenvalue weighted by molar-refractivity contribution is 6.21. The number of nitrogens with one attached hydrogen (secondary N) is 2. The lowest BCUT2D eigenvalue weighted by molar-refractivity contribution is -0.117. The number of hydrogen-bond donors (Lipinski definition) is 3. The second kappa shape index (κ2) is 7.49. The highest BCUT2D eigenvalue weighted by atomic mass is 16.5. The maximum atomic E-state index is 12.3. The summed E-state index contributed by atoms with van der Waals surface area (Å²) in [5.41, 5.74) is 1.15. The maximum absolute atomic E-state index is 12.3. The molecular formula is C16H21N3O3. The number of aliphatic hydroxyl groups is 1. The van der Waals surface area contributed by atoms with Gasteiger partial charge in [-0.05, 0) is 31.0 Å². The number of aliphatic hydroxyl groups excluding tert-OH is 1. The average molecular weight is 303 g/mol. The molecule has 1 amide bonds. The van der Waals surface area contributed by atoms with Crippen LogP contribution in [0.3, 0.4) is 0 Å². The van der Waals surface area contributed by atoms with E-state index in [1.165, 1.54) is 6.92 Å². The summed E-state index contributed by atoms with van der Waals surface area (Å²) in [4.78, 5) is 16.6. The van der Waals surface area contributed by atoms with Crippen molar-refractivity contribution in [3.8, 4) is 5.75 Å². The van der Waals surface area contributed by atoms with Gasteiger partial charge in [0, 0.05) is 19.6 Å². The van der Waals surface area contributed by atoms with Crippen molar-refractivity contribution >= 4 is 11.7 Å². The quantitative estimate of drug-likeness (QED) is 0.569. The molecule has 0 radical (unpaired) electrons. The van der Waals surface area contributed by atoms with E-state index in [4.69, 9.17) is 4.74 Å². The van der Waals surface area contributed by atoms with Crippen molar-refractivity contribution in [2.75, 3.05) is 20.2 Å². The smallest absolute Gasteiger partial charge is 0.258 e. The van der Waals surface area contributed by atoms with Crippen molar-refractivity contribution in [2.45, 2.75) is 19.9 Å². The predicted octanol–water partition coefficient (Wildman–Crippen LogP) is 1.54. The summed E-state index contributed by atoms with van der Waals surface area (Å²) in [6, 6.07) is 7.43. The molecule has 118 valence electrons. The minimum Gasteiger partial charge on any atom is -0.512 e. The van der Waals surface area contributed by atoms with Crippen LogP contribution in [0.1, 0.15) is 18.9 Å². The number of carbonyl (C=O) groups is 1. The number of ether oxygens (including phenoxy) is 1. The molecule has 1 aliphatic rings. The maximum Gasteiger partial charge on any atom is 0.258 e. The first-order chi connectivity index (χ1) is 10.6. The molecule has 0 bridgehead atoms. The first-order valence-corrected chi connectivity index (χ1v) is 7.21. The van der Waals surface area contributed by atoms with Crippen LogP contribution in [0.25, 0.3) is 0 Å². The number of amides is 1. The third kappa shape index (κ3) is 4.00. The molecule has 0 aromatic heterocycles. The van der Waals surface area contributed by atoms with Gasteiger partial charge in [-0.15, -0.1) is 0 Å². The monoisotopic (exact) mass is 303 g/mol. The van der Waals surface area contributed by atoms with Gasteiger partial charge in [-0.25, -0.2) is 0 Å². The van der Waals surface area contributed by atoms with Gasteiger partial charge in [0.15, 0.2) is 0 Å². The Morgan fingerprint density at radius 1 is 1.41 bits per heavy atom. The van der Waals surface area contributed by atoms with Gasteiger partial charge in [0.05, 0.1) is 7.11 Å². The van der Waals surface area contributed by atoms with E-state index in [-0.39, 0.29) is 17.2 Å². The summed E-state index contributed by atoms with van der Waals surface area (Å²) < 4.78 is 5.09. The minimum atomic E-state index is -0.344. The first-order valence-electron chi connectivity index (χ1n) is 7.21. The van der Waals surface area contributed by atoms with E-state index in [2.05, 4.69) is 15.6 Å². The number of amidine groups is 1. The molecule has 22 heavy (non-hydrogen) atoms. The van der Waals surface area contributed by atoms with E-state index in [1.54, 1.807) is 7.11 Å². The van der Waals surface area contributed by atoms with E-state index in [9.17, 15) is 9.90 Å². The highest BCUT2D eigenvalue weighted by Gasteiger charge is 2.20. The van der Waals surface area contributed by atoms with Crippen molar-refractivity contribution in [3.63, 3.8) is 0 Å². The van der Waals surface area contributed by atoms with Gasteiger partial charge in [0.25, 0.3) is 5.91 Å². The lowest BCUT2D eigenvalue weighted by Crippen LogP contribution is -2.38. The van der Waals surface area contributed by atoms with E-state index < -0.39 is 0 Å². The molecule has 1 aromatic rings. The Morgan fingerprint density at radius 2 is 2.14 bits per heavy atom. The van der Waals surface area contributed by atoms with Gasteiger partial charge in [-0.3, -0.25) is 9.79 Å². The van der Waals surface area contributed by atoms with Crippen molar-refractivity contribution in [3.05, 3.63) is 41.2 Å². The second-order valence-corrected chi connectivity index (χ2v) is 5.00. The molecule has 6 nitrogen and oxygen atoms in total. The van der Waals surface area contributed by atoms with Crippen molar-refractivity contribution in [1.82, 2.24) is 10.6 Å². The molecular weight excluding hydrogens is 282 g/mol. The van der Waals surface area contributed by atoms with E-state index in [1.807, 2.05) is 24.3 Å². The lowest BCUT2D eigenvalue weighted by atomic mass is 10.1. The van der Waals surface area contributed by atoms with Crippen LogP contribution < -0.4 is 15.4 Å². The Morgan fingerprint density at radius 3 is 2.68 bits per heavy atom. The fourth-order valence-electron chi connectivity index (χ4n) is 2.16. The average Bonchev–Trinajstić information content (AvgIpc) is 2.54. The number of carbonyl (C=O) groups excluding carboxylic acids is 1. The van der Waals surface area contributed by atoms with Gasteiger partial charge in [0.2, 0.25) is 0 Å². The zero-order valence-corrected chi connectivity index (χ0v) is 12.8. The molecule has 0 aliphatic carbocycles. The fourth-order valence-corrected chi connectivity index (χ4v) is 2.16. The number of nitrogens with zero attached hydrogens (tertiary/aromatic N) is 1. The molecule has 1 heterocycles. The van der Waals surface area contributed by atoms with Crippen LogP contribution in [0.2, 0.25) is 0 Å². The van der Waals surface area contributed by atoms with Crippen molar-refractivity contribution in [1.29, 1.82) is 0 Å². The standard InChI is InChI=1S/C16H21N3O3/c1-11(20)14(15-17-8-3-9-18-15)16(21)19-10-12-4-6-13(22-2)7-5-12/h4-7,20H,3,8-10H2,1-2H3,(H,17,18)(H,19,21)/b14-11-. The third-order valence-electron chi connectivity index (χ3n) is 3.34. The number of benzene rings is 1. The Kier molecular flexibility index (Phi) is 5.41. The van der Waals surface area contributed by atoms with Gasteiger partial charge < -0.3 is 20.5 Å². The van der Waals surface area contributed by atoms with E-state index in [0.29, 0.717) is 18.9 Å². The van der Waals surface area contributed by atoms with Crippen LogP contribution in [-0.4, -0.2) is 37.0 Å².